The third kappa shape index (κ3) is 4.00. The molecule has 2 aliphatic rings. The number of nitrogens with one attached hydrogen (secondary N) is 1. The minimum Gasteiger partial charge on any atom is -0.356 e. The van der Waals surface area contributed by atoms with Gasteiger partial charge in [-0.15, -0.1) is 0 Å². The van der Waals surface area contributed by atoms with Crippen LogP contribution < -0.4 is 4.90 Å². The smallest absolute Gasteiger partial charge is 0.139 e. The maximum absolute atomic E-state index is 9.08. The van der Waals surface area contributed by atoms with E-state index in [-0.39, 0.29) is 0 Å². The summed E-state index contributed by atoms with van der Waals surface area (Å²) < 4.78 is 0. The molecule has 0 saturated carbocycles. The quantitative estimate of drug-likeness (QED) is 0.435. The molecule has 4 aromatic rings. The lowest BCUT2D eigenvalue weighted by molar-refractivity contribution is 0.486. The number of benzene rings is 2. The van der Waals surface area contributed by atoms with Gasteiger partial charge in [0.15, 0.2) is 0 Å². The zero-order chi connectivity index (χ0) is 23.8. The topological polar surface area (TPSA) is 81.5 Å². The van der Waals surface area contributed by atoms with Gasteiger partial charge >= 0.3 is 0 Å². The number of aromatic amines is 1. The van der Waals surface area contributed by atoms with Crippen molar-refractivity contribution in [3.63, 3.8) is 0 Å². The molecular weight excluding hydrogens is 432 g/mol. The predicted molar refractivity (Wildman–Crippen MR) is 138 cm³/mol. The van der Waals surface area contributed by atoms with Crippen LogP contribution in [0.2, 0.25) is 0 Å². The monoisotopic (exact) mass is 458 g/mol. The number of hydrogen-bond donors (Lipinski definition) is 1. The Hall–Kier alpha value is -4.24. The first-order chi connectivity index (χ1) is 17.2. The molecule has 0 radical (unpaired) electrons. The maximum Gasteiger partial charge on any atom is 0.139 e. The van der Waals surface area contributed by atoms with E-state index in [9.17, 15) is 0 Å². The van der Waals surface area contributed by atoms with Crippen LogP contribution in [0.1, 0.15) is 52.7 Å². The van der Waals surface area contributed by atoms with E-state index in [1.54, 1.807) is 6.33 Å². The lowest BCUT2D eigenvalue weighted by Crippen LogP contribution is -2.34. The van der Waals surface area contributed by atoms with E-state index in [1.165, 1.54) is 5.57 Å². The average Bonchev–Trinajstić information content (AvgIpc) is 3.53. The molecule has 6 rings (SSSR count). The first-order valence-corrected chi connectivity index (χ1v) is 12.1. The Morgan fingerprint density at radius 3 is 2.49 bits per heavy atom. The van der Waals surface area contributed by atoms with E-state index in [1.807, 2.05) is 30.3 Å². The Morgan fingerprint density at radius 1 is 0.971 bits per heavy atom. The molecule has 6 heteroatoms. The fraction of sp³-hybridized carbons (Fsp3) is 0.241. The molecule has 1 saturated heterocycles. The molecule has 2 aromatic carbocycles. The standard InChI is InChI=1S/C29H26N6/c1-19-27(22-5-3-2-4-6-22)34-28(33-19)23-11-13-35(14-12-23)29-25-15-24(16-26(25)31-18-32-29)21-9-7-20(17-30)8-10-21/h2-10,15,18,23H,11-14,16H2,1H3,(H,33,34). The second-order valence-corrected chi connectivity index (χ2v) is 9.32. The largest absolute Gasteiger partial charge is 0.356 e. The van der Waals surface area contributed by atoms with Crippen molar-refractivity contribution >= 4 is 17.5 Å². The van der Waals surface area contributed by atoms with Gasteiger partial charge in [0.2, 0.25) is 0 Å². The molecule has 0 atom stereocenters. The molecule has 1 aliphatic carbocycles. The van der Waals surface area contributed by atoms with Crippen molar-refractivity contribution in [2.75, 3.05) is 18.0 Å². The highest BCUT2D eigenvalue weighted by Crippen LogP contribution is 2.37. The van der Waals surface area contributed by atoms with Gasteiger partial charge in [0, 0.05) is 42.2 Å². The molecule has 172 valence electrons. The maximum atomic E-state index is 9.08. The fourth-order valence-electron chi connectivity index (χ4n) is 5.23. The Balaban J connectivity index is 1.19. The van der Waals surface area contributed by atoms with E-state index in [2.05, 4.69) is 63.2 Å². The normalized spacial score (nSPS) is 15.5. The minimum absolute atomic E-state index is 0.419. The number of aromatic nitrogens is 4. The molecular formula is C29H26N6. The highest BCUT2D eigenvalue weighted by atomic mass is 15.2. The summed E-state index contributed by atoms with van der Waals surface area (Å²) in [5, 5.41) is 9.08. The number of H-pyrrole nitrogens is 1. The first-order valence-electron chi connectivity index (χ1n) is 12.1. The fourth-order valence-corrected chi connectivity index (χ4v) is 5.23. The number of nitriles is 1. The van der Waals surface area contributed by atoms with Crippen molar-refractivity contribution in [2.45, 2.75) is 32.1 Å². The van der Waals surface area contributed by atoms with Gasteiger partial charge in [-0.3, -0.25) is 0 Å². The van der Waals surface area contributed by atoms with Crippen LogP contribution in [0.4, 0.5) is 5.82 Å². The van der Waals surface area contributed by atoms with Crippen LogP contribution in [-0.2, 0) is 6.42 Å². The summed E-state index contributed by atoms with van der Waals surface area (Å²) >= 11 is 0. The number of allylic oxidation sites excluding steroid dienone is 1. The number of fused-ring (bicyclic) bond motifs is 1. The summed E-state index contributed by atoms with van der Waals surface area (Å²) in [5.41, 5.74) is 8.58. The van der Waals surface area contributed by atoms with Crippen molar-refractivity contribution in [3.8, 4) is 17.3 Å². The Morgan fingerprint density at radius 2 is 1.74 bits per heavy atom. The molecule has 3 heterocycles. The number of piperidine rings is 1. The van der Waals surface area contributed by atoms with Crippen LogP contribution in [0.5, 0.6) is 0 Å². The molecule has 0 bridgehead atoms. The zero-order valence-corrected chi connectivity index (χ0v) is 19.7. The van der Waals surface area contributed by atoms with E-state index < -0.39 is 0 Å². The van der Waals surface area contributed by atoms with Gasteiger partial charge in [0.05, 0.1) is 23.0 Å². The van der Waals surface area contributed by atoms with Crippen molar-refractivity contribution in [3.05, 3.63) is 94.8 Å². The second kappa shape index (κ2) is 8.84. The Kier molecular flexibility index (Phi) is 5.38. The van der Waals surface area contributed by atoms with Crippen molar-refractivity contribution in [1.82, 2.24) is 19.9 Å². The number of rotatable bonds is 4. The van der Waals surface area contributed by atoms with E-state index in [4.69, 9.17) is 10.2 Å². The number of nitrogens with zero attached hydrogens (tertiary/aromatic N) is 5. The third-order valence-electron chi connectivity index (χ3n) is 7.14. The Bertz CT molecular complexity index is 1440. The molecule has 1 aliphatic heterocycles. The molecule has 1 fully saturated rings. The first kappa shape index (κ1) is 21.3. The van der Waals surface area contributed by atoms with Crippen LogP contribution in [0.3, 0.4) is 0 Å². The summed E-state index contributed by atoms with van der Waals surface area (Å²) in [4.78, 5) is 20.2. The van der Waals surface area contributed by atoms with Crippen molar-refractivity contribution in [1.29, 1.82) is 5.26 Å². The van der Waals surface area contributed by atoms with Gasteiger partial charge in [0.1, 0.15) is 18.0 Å². The summed E-state index contributed by atoms with van der Waals surface area (Å²) in [7, 11) is 0. The van der Waals surface area contributed by atoms with Crippen LogP contribution in [0.15, 0.2) is 60.9 Å². The van der Waals surface area contributed by atoms with E-state index in [0.29, 0.717) is 11.5 Å². The molecule has 35 heavy (non-hydrogen) atoms. The molecule has 6 nitrogen and oxygen atoms in total. The number of anilines is 1. The SMILES string of the molecule is Cc1[nH]c(C2CCN(c3ncnc4c3C=C(c3ccc(C#N)cc3)C4)CC2)nc1-c1ccccc1. The lowest BCUT2D eigenvalue weighted by atomic mass is 9.96. The van der Waals surface area contributed by atoms with E-state index in [0.717, 1.165) is 77.8 Å². The van der Waals surface area contributed by atoms with Gasteiger partial charge in [-0.05, 0) is 49.1 Å². The van der Waals surface area contributed by atoms with Crippen LogP contribution in [0, 0.1) is 18.3 Å². The highest BCUT2D eigenvalue weighted by Gasteiger charge is 2.28. The summed E-state index contributed by atoms with van der Waals surface area (Å²) in [6.07, 6.45) is 6.78. The summed E-state index contributed by atoms with van der Waals surface area (Å²) in [6, 6.07) is 20.3. The Labute approximate surface area is 205 Å². The molecule has 2 aromatic heterocycles. The third-order valence-corrected chi connectivity index (χ3v) is 7.14. The number of aryl methyl sites for hydroxylation is 1. The van der Waals surface area contributed by atoms with Gasteiger partial charge in [-0.1, -0.05) is 42.5 Å². The molecule has 0 spiro atoms. The summed E-state index contributed by atoms with van der Waals surface area (Å²) in [6.45, 7) is 3.99. The van der Waals surface area contributed by atoms with Crippen LogP contribution in [-0.4, -0.2) is 33.0 Å². The van der Waals surface area contributed by atoms with Gasteiger partial charge < -0.3 is 9.88 Å². The molecule has 1 N–H and O–H groups in total. The minimum atomic E-state index is 0.419. The molecule has 0 amide bonds. The predicted octanol–water partition coefficient (Wildman–Crippen LogP) is 5.53. The van der Waals surface area contributed by atoms with Crippen LogP contribution in [0.25, 0.3) is 22.9 Å². The van der Waals surface area contributed by atoms with Gasteiger partial charge in [0.25, 0.3) is 0 Å². The average molecular weight is 459 g/mol. The van der Waals surface area contributed by atoms with Crippen molar-refractivity contribution < 1.29 is 0 Å². The highest BCUT2D eigenvalue weighted by molar-refractivity contribution is 5.91. The number of hydrogen-bond acceptors (Lipinski definition) is 5. The van der Waals surface area contributed by atoms with E-state index >= 15 is 0 Å². The second-order valence-electron chi connectivity index (χ2n) is 9.32. The summed E-state index contributed by atoms with van der Waals surface area (Å²) in [5.74, 6) is 2.54. The lowest BCUT2D eigenvalue weighted by Gasteiger charge is -2.32. The van der Waals surface area contributed by atoms with Gasteiger partial charge in [-0.2, -0.15) is 5.26 Å². The van der Waals surface area contributed by atoms with Crippen LogP contribution >= 0.6 is 0 Å². The zero-order valence-electron chi connectivity index (χ0n) is 19.7. The van der Waals surface area contributed by atoms with Crippen molar-refractivity contribution in [2.24, 2.45) is 0 Å². The van der Waals surface area contributed by atoms with Gasteiger partial charge in [-0.25, -0.2) is 15.0 Å². The number of imidazole rings is 1. The molecule has 0 unspecified atom stereocenters.